The number of fused-ring (bicyclic) bond motifs is 1. The smallest absolute Gasteiger partial charge is 0.417 e. The van der Waals surface area contributed by atoms with Crippen molar-refractivity contribution in [3.63, 3.8) is 0 Å². The molecule has 0 bridgehead atoms. The molecule has 2 rings (SSSR count). The highest BCUT2D eigenvalue weighted by molar-refractivity contribution is 6.18. The van der Waals surface area contributed by atoms with Crippen LogP contribution in [0, 0.1) is 0 Å². The number of nitrogens with one attached hydrogen (secondary N) is 1. The van der Waals surface area contributed by atoms with Crippen molar-refractivity contribution in [2.75, 3.05) is 17.7 Å². The number of hydrogen-bond donors (Lipinski definition) is 2. The molecule has 1 aromatic heterocycles. The van der Waals surface area contributed by atoms with Gasteiger partial charge in [-0.2, -0.15) is 13.2 Å². The van der Waals surface area contributed by atoms with Crippen LogP contribution in [0.25, 0.3) is 11.0 Å². The summed E-state index contributed by atoms with van der Waals surface area (Å²) in [6.07, 6.45) is -5.44. The SMILES string of the molecule is O=c1cc(C(F)(F)F)c2ccc(NCC(O)CCl)cc2o1. The summed E-state index contributed by atoms with van der Waals surface area (Å²) in [4.78, 5) is 11.2. The molecule has 0 aliphatic rings. The van der Waals surface area contributed by atoms with Gasteiger partial charge in [0.15, 0.2) is 0 Å². The van der Waals surface area contributed by atoms with E-state index in [1.165, 1.54) is 18.2 Å². The molecule has 1 unspecified atom stereocenters. The normalized spacial score (nSPS) is 13.4. The van der Waals surface area contributed by atoms with E-state index in [1.54, 1.807) is 0 Å². The van der Waals surface area contributed by atoms with Crippen molar-refractivity contribution < 1.29 is 22.7 Å². The first-order chi connectivity index (χ1) is 9.81. The van der Waals surface area contributed by atoms with Gasteiger partial charge in [-0.15, -0.1) is 11.6 Å². The molecule has 0 aliphatic heterocycles. The second kappa shape index (κ2) is 5.95. The fourth-order valence-corrected chi connectivity index (χ4v) is 1.91. The lowest BCUT2D eigenvalue weighted by Crippen LogP contribution is -2.20. The van der Waals surface area contributed by atoms with Crippen LogP contribution in [0.5, 0.6) is 0 Å². The van der Waals surface area contributed by atoms with E-state index in [2.05, 4.69) is 5.32 Å². The van der Waals surface area contributed by atoms with Crippen LogP contribution in [-0.4, -0.2) is 23.6 Å². The Balaban J connectivity index is 2.42. The van der Waals surface area contributed by atoms with Crippen LogP contribution >= 0.6 is 11.6 Å². The monoisotopic (exact) mass is 321 g/mol. The van der Waals surface area contributed by atoms with Crippen LogP contribution in [0.1, 0.15) is 5.56 Å². The molecule has 0 spiro atoms. The largest absolute Gasteiger partial charge is 0.423 e. The lowest BCUT2D eigenvalue weighted by molar-refractivity contribution is -0.136. The van der Waals surface area contributed by atoms with Gasteiger partial charge in [-0.25, -0.2) is 4.79 Å². The Hall–Kier alpha value is -1.73. The summed E-state index contributed by atoms with van der Waals surface area (Å²) in [6.45, 7) is 0.123. The second-order valence-electron chi connectivity index (χ2n) is 4.38. The summed E-state index contributed by atoms with van der Waals surface area (Å²) < 4.78 is 43.3. The average Bonchev–Trinajstić information content (AvgIpc) is 2.42. The number of aliphatic hydroxyl groups excluding tert-OH is 1. The summed E-state index contributed by atoms with van der Waals surface area (Å²) >= 11 is 5.43. The molecule has 114 valence electrons. The van der Waals surface area contributed by atoms with Crippen LogP contribution in [0.15, 0.2) is 33.5 Å². The van der Waals surface area contributed by atoms with Gasteiger partial charge in [0.25, 0.3) is 0 Å². The quantitative estimate of drug-likeness (QED) is 0.671. The maximum Gasteiger partial charge on any atom is 0.417 e. The Bertz CT molecular complexity index is 699. The lowest BCUT2D eigenvalue weighted by Gasteiger charge is -2.12. The molecular weight excluding hydrogens is 311 g/mol. The minimum Gasteiger partial charge on any atom is -0.423 e. The number of hydrogen-bond acceptors (Lipinski definition) is 4. The minimum absolute atomic E-state index is 0.0217. The predicted octanol–water partition coefficient (Wildman–Crippen LogP) is 2.82. The van der Waals surface area contributed by atoms with E-state index >= 15 is 0 Å². The van der Waals surface area contributed by atoms with Crippen molar-refractivity contribution in [2.45, 2.75) is 12.3 Å². The molecule has 1 aromatic carbocycles. The highest BCUT2D eigenvalue weighted by Gasteiger charge is 2.33. The Labute approximate surface area is 122 Å². The molecule has 0 amide bonds. The molecular formula is C13H11ClF3NO3. The maximum absolute atomic E-state index is 12.9. The highest BCUT2D eigenvalue weighted by Crippen LogP contribution is 2.34. The molecule has 8 heteroatoms. The van der Waals surface area contributed by atoms with Crippen molar-refractivity contribution in [1.82, 2.24) is 0 Å². The second-order valence-corrected chi connectivity index (χ2v) is 4.69. The van der Waals surface area contributed by atoms with Gasteiger partial charge in [0.2, 0.25) is 0 Å². The number of halogens is 4. The van der Waals surface area contributed by atoms with Gasteiger partial charge in [0, 0.05) is 29.8 Å². The molecule has 2 N–H and O–H groups in total. The third-order valence-electron chi connectivity index (χ3n) is 2.77. The van der Waals surface area contributed by atoms with E-state index in [0.717, 1.165) is 0 Å². The first-order valence-corrected chi connectivity index (χ1v) is 6.47. The van der Waals surface area contributed by atoms with Gasteiger partial charge in [0.05, 0.1) is 17.5 Å². The molecule has 0 fully saturated rings. The Morgan fingerprint density at radius 2 is 2.05 bits per heavy atom. The van der Waals surface area contributed by atoms with E-state index in [1.807, 2.05) is 0 Å². The molecule has 0 aliphatic carbocycles. The molecule has 0 radical (unpaired) electrons. The van der Waals surface area contributed by atoms with Gasteiger partial charge in [-0.1, -0.05) is 0 Å². The van der Waals surface area contributed by atoms with Gasteiger partial charge in [-0.3, -0.25) is 0 Å². The van der Waals surface area contributed by atoms with Gasteiger partial charge >= 0.3 is 11.8 Å². The van der Waals surface area contributed by atoms with E-state index in [0.29, 0.717) is 11.8 Å². The van der Waals surface area contributed by atoms with Crippen molar-refractivity contribution in [2.24, 2.45) is 0 Å². The Morgan fingerprint density at radius 3 is 2.67 bits per heavy atom. The number of anilines is 1. The number of benzene rings is 1. The van der Waals surface area contributed by atoms with Crippen molar-refractivity contribution in [3.05, 3.63) is 40.2 Å². The zero-order valence-corrected chi connectivity index (χ0v) is 11.3. The zero-order chi connectivity index (χ0) is 15.6. The van der Waals surface area contributed by atoms with E-state index < -0.39 is 23.5 Å². The third-order valence-corrected chi connectivity index (χ3v) is 3.13. The van der Waals surface area contributed by atoms with E-state index in [4.69, 9.17) is 16.0 Å². The molecule has 2 aromatic rings. The fourth-order valence-electron chi connectivity index (χ4n) is 1.80. The van der Waals surface area contributed by atoms with Crippen molar-refractivity contribution in [1.29, 1.82) is 0 Å². The number of rotatable bonds is 4. The van der Waals surface area contributed by atoms with Gasteiger partial charge in [-0.05, 0) is 12.1 Å². The molecule has 0 saturated heterocycles. The molecule has 21 heavy (non-hydrogen) atoms. The molecule has 1 heterocycles. The number of alkyl halides is 4. The van der Waals surface area contributed by atoms with E-state index in [9.17, 15) is 23.1 Å². The predicted molar refractivity (Wildman–Crippen MR) is 72.7 cm³/mol. The van der Waals surface area contributed by atoms with Crippen LogP contribution in [0.4, 0.5) is 18.9 Å². The van der Waals surface area contributed by atoms with Gasteiger partial charge < -0.3 is 14.8 Å². The summed E-state index contributed by atoms with van der Waals surface area (Å²) in [5.41, 5.74) is -1.89. The zero-order valence-electron chi connectivity index (χ0n) is 10.6. The Kier molecular flexibility index (Phi) is 4.43. The highest BCUT2D eigenvalue weighted by atomic mass is 35.5. The molecule has 1 atom stereocenters. The standard InChI is InChI=1S/C13H11ClF3NO3/c14-5-8(19)6-18-7-1-2-9-10(13(15,16)17)4-12(20)21-11(9)3-7/h1-4,8,18-19H,5-6H2. The van der Waals surface area contributed by atoms with Crippen molar-refractivity contribution >= 4 is 28.3 Å². The van der Waals surface area contributed by atoms with E-state index in [-0.39, 0.29) is 23.4 Å². The first kappa shape index (κ1) is 15.7. The minimum atomic E-state index is -4.64. The third kappa shape index (κ3) is 3.68. The summed E-state index contributed by atoms with van der Waals surface area (Å²) in [7, 11) is 0. The van der Waals surface area contributed by atoms with Gasteiger partial charge in [0.1, 0.15) is 5.58 Å². The van der Waals surface area contributed by atoms with Crippen LogP contribution in [0.3, 0.4) is 0 Å². The summed E-state index contributed by atoms with van der Waals surface area (Å²) in [5, 5.41) is 11.9. The number of aliphatic hydroxyl groups is 1. The first-order valence-electron chi connectivity index (χ1n) is 5.94. The molecule has 0 saturated carbocycles. The lowest BCUT2D eigenvalue weighted by atomic mass is 10.1. The maximum atomic E-state index is 12.9. The van der Waals surface area contributed by atoms with Crippen LogP contribution < -0.4 is 10.9 Å². The van der Waals surface area contributed by atoms with Crippen LogP contribution in [-0.2, 0) is 6.18 Å². The Morgan fingerprint density at radius 1 is 1.33 bits per heavy atom. The topological polar surface area (TPSA) is 62.5 Å². The average molecular weight is 322 g/mol. The van der Waals surface area contributed by atoms with Crippen LogP contribution in [0.2, 0.25) is 0 Å². The molecule has 4 nitrogen and oxygen atoms in total. The summed E-state index contributed by atoms with van der Waals surface area (Å²) in [6, 6.07) is 4.30. The fraction of sp³-hybridized carbons (Fsp3) is 0.308. The summed E-state index contributed by atoms with van der Waals surface area (Å²) in [5.74, 6) is 0.0217. The van der Waals surface area contributed by atoms with Crippen molar-refractivity contribution in [3.8, 4) is 0 Å².